The molecule has 0 aliphatic rings. The van der Waals surface area contributed by atoms with Crippen molar-refractivity contribution >= 4 is 48.2 Å². The van der Waals surface area contributed by atoms with Crippen LogP contribution in [0.25, 0.3) is 0 Å². The molecular formula is C22H31N5O5S. The van der Waals surface area contributed by atoms with Crippen molar-refractivity contribution in [3.63, 3.8) is 0 Å². The third-order valence-electron chi connectivity index (χ3n) is 4.56. The summed E-state index contributed by atoms with van der Waals surface area (Å²) in [5, 5.41) is 7.71. The first-order valence-corrected chi connectivity index (χ1v) is 11.2. The SMILES string of the molecule is CC(NC(=O)CNC(=O)CCCCCN(C)C(=O)/C=C\C=O)C(=O)Nc1ccc(CS)nc1. The minimum atomic E-state index is -0.792. The van der Waals surface area contributed by atoms with Crippen LogP contribution in [0.15, 0.2) is 30.5 Å². The normalized spacial score (nSPS) is 11.5. The van der Waals surface area contributed by atoms with Crippen molar-refractivity contribution < 1.29 is 24.0 Å². The summed E-state index contributed by atoms with van der Waals surface area (Å²) in [5.41, 5.74) is 1.28. The Morgan fingerprint density at radius 1 is 1.15 bits per heavy atom. The van der Waals surface area contributed by atoms with Gasteiger partial charge in [0.1, 0.15) is 12.3 Å². The van der Waals surface area contributed by atoms with Crippen molar-refractivity contribution in [3.05, 3.63) is 36.2 Å². The molecule has 1 unspecified atom stereocenters. The number of aromatic nitrogens is 1. The number of pyridine rings is 1. The number of amides is 4. The molecule has 10 nitrogen and oxygen atoms in total. The molecule has 11 heteroatoms. The van der Waals surface area contributed by atoms with E-state index < -0.39 is 17.9 Å². The van der Waals surface area contributed by atoms with E-state index in [1.54, 1.807) is 26.1 Å². The largest absolute Gasteiger partial charge is 0.347 e. The Morgan fingerprint density at radius 2 is 1.91 bits per heavy atom. The lowest BCUT2D eigenvalue weighted by Crippen LogP contribution is -2.45. The van der Waals surface area contributed by atoms with E-state index in [4.69, 9.17) is 0 Å². The van der Waals surface area contributed by atoms with Crippen LogP contribution in [0.1, 0.15) is 38.3 Å². The van der Waals surface area contributed by atoms with Crippen molar-refractivity contribution in [1.29, 1.82) is 0 Å². The number of allylic oxidation sites excluding steroid dienone is 1. The van der Waals surface area contributed by atoms with E-state index in [0.29, 0.717) is 37.1 Å². The molecule has 0 saturated heterocycles. The van der Waals surface area contributed by atoms with Gasteiger partial charge in [-0.1, -0.05) is 6.42 Å². The highest BCUT2D eigenvalue weighted by Gasteiger charge is 2.16. The summed E-state index contributed by atoms with van der Waals surface area (Å²) in [7, 11) is 1.64. The molecule has 4 amide bonds. The zero-order chi connectivity index (χ0) is 24.6. The number of carbonyl (C=O) groups excluding carboxylic acids is 5. The smallest absolute Gasteiger partial charge is 0.246 e. The minimum Gasteiger partial charge on any atom is -0.347 e. The number of thiol groups is 1. The van der Waals surface area contributed by atoms with E-state index in [1.807, 2.05) is 0 Å². The summed E-state index contributed by atoms with van der Waals surface area (Å²) >= 11 is 4.12. The molecule has 1 aromatic rings. The first kappa shape index (κ1) is 27.8. The van der Waals surface area contributed by atoms with Gasteiger partial charge in [0.05, 0.1) is 24.1 Å². The highest BCUT2D eigenvalue weighted by molar-refractivity contribution is 7.79. The summed E-state index contributed by atoms with van der Waals surface area (Å²) in [5.74, 6) is -0.905. The number of anilines is 1. The monoisotopic (exact) mass is 477 g/mol. The number of likely N-dealkylation sites (N-methyl/N-ethyl adjacent to an activating group) is 1. The summed E-state index contributed by atoms with van der Waals surface area (Å²) in [6.45, 7) is 1.83. The maximum absolute atomic E-state index is 12.2. The first-order chi connectivity index (χ1) is 15.8. The predicted octanol–water partition coefficient (Wildman–Crippen LogP) is 0.845. The predicted molar refractivity (Wildman–Crippen MR) is 127 cm³/mol. The molecular weight excluding hydrogens is 446 g/mol. The van der Waals surface area contributed by atoms with Gasteiger partial charge in [-0.2, -0.15) is 12.6 Å². The molecule has 1 rings (SSSR count). The van der Waals surface area contributed by atoms with Crippen LogP contribution < -0.4 is 16.0 Å². The van der Waals surface area contributed by atoms with Crippen LogP contribution in [-0.2, 0) is 29.7 Å². The average molecular weight is 478 g/mol. The fourth-order valence-electron chi connectivity index (χ4n) is 2.64. The maximum atomic E-state index is 12.2. The van der Waals surface area contributed by atoms with Gasteiger partial charge in [-0.25, -0.2) is 0 Å². The van der Waals surface area contributed by atoms with Crippen molar-refractivity contribution in [2.45, 2.75) is 44.4 Å². The van der Waals surface area contributed by atoms with E-state index in [-0.39, 0.29) is 24.8 Å². The lowest BCUT2D eigenvalue weighted by Gasteiger charge is -2.15. The molecule has 0 bridgehead atoms. The van der Waals surface area contributed by atoms with Crippen LogP contribution in [-0.4, -0.2) is 66.0 Å². The Morgan fingerprint density at radius 3 is 2.55 bits per heavy atom. The number of unbranched alkanes of at least 4 members (excludes halogenated alkanes) is 2. The fourth-order valence-corrected chi connectivity index (χ4v) is 2.83. The van der Waals surface area contributed by atoms with Crippen LogP contribution in [0, 0.1) is 0 Å². The third-order valence-corrected chi connectivity index (χ3v) is 4.89. The van der Waals surface area contributed by atoms with Gasteiger partial charge in [-0.05, 0) is 38.0 Å². The van der Waals surface area contributed by atoms with Crippen LogP contribution in [0.4, 0.5) is 5.69 Å². The van der Waals surface area contributed by atoms with Gasteiger partial charge >= 0.3 is 0 Å². The summed E-state index contributed by atoms with van der Waals surface area (Å²) in [6.07, 6.45) is 6.71. The number of nitrogens with one attached hydrogen (secondary N) is 3. The molecule has 0 fully saturated rings. The molecule has 1 heterocycles. The Hall–Kier alpha value is -3.21. The zero-order valence-corrected chi connectivity index (χ0v) is 19.8. The van der Waals surface area contributed by atoms with Crippen LogP contribution in [0.5, 0.6) is 0 Å². The van der Waals surface area contributed by atoms with Crippen molar-refractivity contribution in [2.75, 3.05) is 25.5 Å². The molecule has 0 saturated carbocycles. The topological polar surface area (TPSA) is 138 Å². The van der Waals surface area contributed by atoms with Crippen molar-refractivity contribution in [1.82, 2.24) is 20.5 Å². The number of hydrogen-bond acceptors (Lipinski definition) is 7. The zero-order valence-electron chi connectivity index (χ0n) is 18.9. The first-order valence-electron chi connectivity index (χ1n) is 10.6. The number of carbonyl (C=O) groups is 5. The second kappa shape index (κ2) is 15.6. The van der Waals surface area contributed by atoms with Gasteiger partial charge < -0.3 is 20.9 Å². The van der Waals surface area contributed by atoms with Gasteiger partial charge in [0.2, 0.25) is 23.6 Å². The minimum absolute atomic E-state index is 0.227. The van der Waals surface area contributed by atoms with Gasteiger partial charge in [0.15, 0.2) is 0 Å². The van der Waals surface area contributed by atoms with Crippen LogP contribution in [0.3, 0.4) is 0 Å². The van der Waals surface area contributed by atoms with E-state index in [1.165, 1.54) is 17.2 Å². The van der Waals surface area contributed by atoms with Gasteiger partial charge in [-0.3, -0.25) is 29.0 Å². The number of nitrogens with zero attached hydrogens (tertiary/aromatic N) is 2. The molecule has 1 aromatic heterocycles. The highest BCUT2D eigenvalue weighted by atomic mass is 32.1. The summed E-state index contributed by atoms with van der Waals surface area (Å²) < 4.78 is 0. The molecule has 0 aromatic carbocycles. The van der Waals surface area contributed by atoms with Crippen LogP contribution in [0.2, 0.25) is 0 Å². The Kier molecular flexibility index (Phi) is 13.1. The quantitative estimate of drug-likeness (QED) is 0.136. The molecule has 0 spiro atoms. The van der Waals surface area contributed by atoms with E-state index in [9.17, 15) is 24.0 Å². The lowest BCUT2D eigenvalue weighted by atomic mass is 10.2. The molecule has 0 aliphatic heterocycles. The average Bonchev–Trinajstić information content (AvgIpc) is 2.81. The molecule has 0 aliphatic carbocycles. The Balaban J connectivity index is 2.20. The lowest BCUT2D eigenvalue weighted by molar-refractivity contribution is -0.128. The van der Waals surface area contributed by atoms with Gasteiger partial charge in [0, 0.05) is 31.8 Å². The summed E-state index contributed by atoms with van der Waals surface area (Å²) in [4.78, 5) is 63.5. The standard InChI is InChI=1S/C22H31N5O5S/c1-16(22(32)26-17-9-10-18(15-33)23-13-17)25-20(30)14-24-19(29)7-4-3-5-11-27(2)21(31)8-6-12-28/h6,8-10,12-13,16,33H,3-5,7,11,14-15H2,1-2H3,(H,24,29)(H,25,30)(H,26,32)/b8-6-. The van der Waals surface area contributed by atoms with Crippen molar-refractivity contribution in [2.24, 2.45) is 0 Å². The molecule has 180 valence electrons. The number of rotatable bonds is 14. The highest BCUT2D eigenvalue weighted by Crippen LogP contribution is 2.08. The van der Waals surface area contributed by atoms with Crippen molar-refractivity contribution in [3.8, 4) is 0 Å². The second-order valence-corrected chi connectivity index (χ2v) is 7.63. The van der Waals surface area contributed by atoms with Gasteiger partial charge in [0.25, 0.3) is 0 Å². The molecule has 3 N–H and O–H groups in total. The molecule has 0 radical (unpaired) electrons. The van der Waals surface area contributed by atoms with E-state index >= 15 is 0 Å². The number of hydrogen-bond donors (Lipinski definition) is 4. The Labute approximate surface area is 199 Å². The molecule has 1 atom stereocenters. The van der Waals surface area contributed by atoms with E-state index in [2.05, 4.69) is 33.6 Å². The van der Waals surface area contributed by atoms with Gasteiger partial charge in [-0.15, -0.1) is 0 Å². The fraction of sp³-hybridized carbons (Fsp3) is 0.455. The second-order valence-electron chi connectivity index (χ2n) is 7.32. The summed E-state index contributed by atoms with van der Waals surface area (Å²) in [6, 6.07) is 2.65. The van der Waals surface area contributed by atoms with E-state index in [0.717, 1.165) is 18.2 Å². The Bertz CT molecular complexity index is 844. The third kappa shape index (κ3) is 11.8. The molecule has 33 heavy (non-hydrogen) atoms. The maximum Gasteiger partial charge on any atom is 0.246 e. The van der Waals surface area contributed by atoms with Crippen LogP contribution >= 0.6 is 12.6 Å². The number of aldehydes is 1.